The summed E-state index contributed by atoms with van der Waals surface area (Å²) >= 11 is 0. The van der Waals surface area contributed by atoms with Gasteiger partial charge in [0.2, 0.25) is 0 Å². The lowest BCUT2D eigenvalue weighted by atomic mass is 10.1. The fraction of sp³-hybridized carbons (Fsp3) is 0.500. The van der Waals surface area contributed by atoms with Crippen molar-refractivity contribution < 1.29 is 0 Å². The van der Waals surface area contributed by atoms with E-state index >= 15 is 0 Å². The second-order valence-corrected chi connectivity index (χ2v) is 4.64. The Morgan fingerprint density at radius 1 is 1.31 bits per heavy atom. The molecule has 2 N–H and O–H groups in total. The number of benzene rings is 1. The molecule has 0 bridgehead atoms. The molecule has 4 nitrogen and oxygen atoms in total. The second-order valence-electron chi connectivity index (χ2n) is 4.64. The van der Waals surface area contributed by atoms with Crippen molar-refractivity contribution in [3.8, 4) is 0 Å². The molecule has 3 rings (SSSR count). The van der Waals surface area contributed by atoms with Crippen LogP contribution in [0.3, 0.4) is 0 Å². The molecule has 0 saturated heterocycles. The molecule has 1 aromatic heterocycles. The number of nitrogens with two attached hydrogens (primary N) is 1. The van der Waals surface area contributed by atoms with E-state index in [0.717, 1.165) is 29.2 Å². The van der Waals surface area contributed by atoms with Crippen LogP contribution < -0.4 is 5.73 Å². The molecule has 16 heavy (non-hydrogen) atoms. The highest BCUT2D eigenvalue weighted by Gasteiger charge is 2.17. The third kappa shape index (κ3) is 1.54. The first-order valence-electron chi connectivity index (χ1n) is 5.92. The molecular formula is C12H16N4. The lowest BCUT2D eigenvalue weighted by molar-refractivity contribution is 0.430. The normalized spacial score (nSPS) is 17.2. The van der Waals surface area contributed by atoms with Gasteiger partial charge in [-0.05, 0) is 30.9 Å². The summed E-state index contributed by atoms with van der Waals surface area (Å²) in [6.07, 6.45) is 5.37. The Bertz CT molecular complexity index is 497. The summed E-state index contributed by atoms with van der Waals surface area (Å²) in [6, 6.07) is 5.88. The van der Waals surface area contributed by atoms with Gasteiger partial charge in [0.25, 0.3) is 0 Å². The number of rotatable bonds is 2. The lowest BCUT2D eigenvalue weighted by Gasteiger charge is -2.08. The zero-order valence-corrected chi connectivity index (χ0v) is 9.26. The van der Waals surface area contributed by atoms with Gasteiger partial charge in [0, 0.05) is 6.54 Å². The van der Waals surface area contributed by atoms with Gasteiger partial charge < -0.3 is 5.73 Å². The van der Waals surface area contributed by atoms with Crippen LogP contribution in [0.15, 0.2) is 18.2 Å². The molecule has 2 aromatic rings. The van der Waals surface area contributed by atoms with Crippen molar-refractivity contribution >= 4 is 16.7 Å². The zero-order valence-electron chi connectivity index (χ0n) is 9.26. The average Bonchev–Trinajstić information content (AvgIpc) is 2.90. The van der Waals surface area contributed by atoms with E-state index in [9.17, 15) is 0 Å². The molecule has 84 valence electrons. The Morgan fingerprint density at radius 3 is 2.94 bits per heavy atom. The fourth-order valence-electron chi connectivity index (χ4n) is 2.59. The second kappa shape index (κ2) is 3.77. The molecular weight excluding hydrogens is 200 g/mol. The van der Waals surface area contributed by atoms with Crippen LogP contribution in [-0.4, -0.2) is 15.0 Å². The number of aromatic nitrogens is 3. The van der Waals surface area contributed by atoms with Crippen LogP contribution in [0.4, 0.5) is 5.69 Å². The van der Waals surface area contributed by atoms with Gasteiger partial charge in [-0.15, -0.1) is 5.10 Å². The first kappa shape index (κ1) is 9.63. The maximum absolute atomic E-state index is 5.86. The number of fused-ring (bicyclic) bond motifs is 1. The smallest absolute Gasteiger partial charge is 0.136 e. The largest absolute Gasteiger partial charge is 0.397 e. The molecule has 0 radical (unpaired) electrons. The third-order valence-electron chi connectivity index (χ3n) is 3.48. The van der Waals surface area contributed by atoms with Crippen molar-refractivity contribution in [1.29, 1.82) is 0 Å². The van der Waals surface area contributed by atoms with E-state index in [1.54, 1.807) is 0 Å². The van der Waals surface area contributed by atoms with Crippen LogP contribution in [0, 0.1) is 5.92 Å². The molecule has 1 aromatic carbocycles. The van der Waals surface area contributed by atoms with Crippen molar-refractivity contribution in [2.24, 2.45) is 5.92 Å². The minimum Gasteiger partial charge on any atom is -0.397 e. The summed E-state index contributed by atoms with van der Waals surface area (Å²) in [5, 5.41) is 8.35. The Kier molecular flexibility index (Phi) is 2.27. The predicted molar refractivity (Wildman–Crippen MR) is 63.9 cm³/mol. The van der Waals surface area contributed by atoms with Gasteiger partial charge in [0.05, 0.1) is 11.2 Å². The molecule has 1 fully saturated rings. The molecule has 0 amide bonds. The highest BCUT2D eigenvalue weighted by atomic mass is 15.4. The minimum atomic E-state index is 0.718. The van der Waals surface area contributed by atoms with E-state index in [4.69, 9.17) is 5.73 Å². The van der Waals surface area contributed by atoms with Gasteiger partial charge in [-0.25, -0.2) is 4.68 Å². The number of anilines is 1. The maximum Gasteiger partial charge on any atom is 0.136 e. The Morgan fingerprint density at radius 2 is 2.12 bits per heavy atom. The molecule has 1 aliphatic carbocycles. The Balaban J connectivity index is 1.94. The summed E-state index contributed by atoms with van der Waals surface area (Å²) in [6.45, 7) is 0.986. The molecule has 0 spiro atoms. The summed E-state index contributed by atoms with van der Waals surface area (Å²) in [5.74, 6) is 0.770. The van der Waals surface area contributed by atoms with Crippen LogP contribution in [0.25, 0.3) is 11.0 Å². The molecule has 1 heterocycles. The van der Waals surface area contributed by atoms with Gasteiger partial charge in [0.1, 0.15) is 5.52 Å². The van der Waals surface area contributed by atoms with Crippen LogP contribution in [0.2, 0.25) is 0 Å². The van der Waals surface area contributed by atoms with E-state index < -0.39 is 0 Å². The highest BCUT2D eigenvalue weighted by Crippen LogP contribution is 2.27. The van der Waals surface area contributed by atoms with Crippen molar-refractivity contribution in [2.45, 2.75) is 32.2 Å². The summed E-state index contributed by atoms with van der Waals surface area (Å²) in [5.41, 5.74) is 8.48. The van der Waals surface area contributed by atoms with E-state index in [-0.39, 0.29) is 0 Å². The summed E-state index contributed by atoms with van der Waals surface area (Å²) in [4.78, 5) is 0. The van der Waals surface area contributed by atoms with Gasteiger partial charge >= 0.3 is 0 Å². The minimum absolute atomic E-state index is 0.718. The van der Waals surface area contributed by atoms with E-state index in [2.05, 4.69) is 10.3 Å². The van der Waals surface area contributed by atoms with Crippen molar-refractivity contribution in [3.63, 3.8) is 0 Å². The van der Waals surface area contributed by atoms with E-state index in [1.807, 2.05) is 22.9 Å². The van der Waals surface area contributed by atoms with Gasteiger partial charge in [-0.2, -0.15) is 0 Å². The third-order valence-corrected chi connectivity index (χ3v) is 3.48. The summed E-state index contributed by atoms with van der Waals surface area (Å²) < 4.78 is 2.00. The number of hydrogen-bond acceptors (Lipinski definition) is 3. The fourth-order valence-corrected chi connectivity index (χ4v) is 2.59. The van der Waals surface area contributed by atoms with Crippen LogP contribution >= 0.6 is 0 Å². The van der Waals surface area contributed by atoms with Crippen molar-refractivity contribution in [2.75, 3.05) is 5.73 Å². The van der Waals surface area contributed by atoms with Crippen LogP contribution in [0.1, 0.15) is 25.7 Å². The highest BCUT2D eigenvalue weighted by molar-refractivity contribution is 5.86. The SMILES string of the molecule is Nc1cccc2c1nnn2CC1CCCC1. The monoisotopic (exact) mass is 216 g/mol. The van der Waals surface area contributed by atoms with Gasteiger partial charge in [-0.3, -0.25) is 0 Å². The number of hydrogen-bond donors (Lipinski definition) is 1. The quantitative estimate of drug-likeness (QED) is 0.783. The van der Waals surface area contributed by atoms with Gasteiger partial charge in [-0.1, -0.05) is 24.1 Å². The van der Waals surface area contributed by atoms with E-state index in [0.29, 0.717) is 0 Å². The topological polar surface area (TPSA) is 56.7 Å². The van der Waals surface area contributed by atoms with Gasteiger partial charge in [0.15, 0.2) is 0 Å². The maximum atomic E-state index is 5.86. The predicted octanol–water partition coefficient (Wildman–Crippen LogP) is 2.20. The molecule has 0 atom stereocenters. The number of nitrogens with zero attached hydrogens (tertiary/aromatic N) is 3. The van der Waals surface area contributed by atoms with Crippen LogP contribution in [-0.2, 0) is 6.54 Å². The molecule has 1 saturated carbocycles. The first-order chi connectivity index (χ1) is 7.84. The summed E-state index contributed by atoms with van der Waals surface area (Å²) in [7, 11) is 0. The molecule has 4 heteroatoms. The zero-order chi connectivity index (χ0) is 11.0. The van der Waals surface area contributed by atoms with Crippen LogP contribution in [0.5, 0.6) is 0 Å². The van der Waals surface area contributed by atoms with E-state index in [1.165, 1.54) is 25.7 Å². The average molecular weight is 216 g/mol. The Labute approximate surface area is 94.4 Å². The lowest BCUT2D eigenvalue weighted by Crippen LogP contribution is -2.08. The number of nitrogen functional groups attached to an aromatic ring is 1. The van der Waals surface area contributed by atoms with Crippen molar-refractivity contribution in [3.05, 3.63) is 18.2 Å². The standard InChI is InChI=1S/C12H16N4/c13-10-6-3-7-11-12(10)14-15-16(11)8-9-4-1-2-5-9/h3,6-7,9H,1-2,4-5,8,13H2. The first-order valence-corrected chi connectivity index (χ1v) is 5.92. The molecule has 0 aliphatic heterocycles. The Hall–Kier alpha value is -1.58. The molecule has 0 unspecified atom stereocenters. The van der Waals surface area contributed by atoms with Crippen molar-refractivity contribution in [1.82, 2.24) is 15.0 Å². The molecule has 1 aliphatic rings.